The van der Waals surface area contributed by atoms with Crippen LogP contribution in [0.3, 0.4) is 0 Å². The summed E-state index contributed by atoms with van der Waals surface area (Å²) in [5, 5.41) is 8.45. The van der Waals surface area contributed by atoms with E-state index in [4.69, 9.17) is 0 Å². The summed E-state index contributed by atoms with van der Waals surface area (Å²) in [6, 6.07) is 13.9. The molecule has 6 nitrogen and oxygen atoms in total. The normalized spacial score (nSPS) is 13.6. The Labute approximate surface area is 154 Å². The van der Waals surface area contributed by atoms with Crippen LogP contribution in [0, 0.1) is 0 Å². The van der Waals surface area contributed by atoms with Gasteiger partial charge in [-0.3, -0.25) is 4.72 Å². The number of hydrogen-bond acceptors (Lipinski definition) is 4. The number of nitrogens with zero attached hydrogens (tertiary/aromatic N) is 3. The lowest BCUT2D eigenvalue weighted by molar-refractivity contribution is 0.601. The number of hydrogen-bond donors (Lipinski definition) is 1. The molecule has 8 heteroatoms. The number of fused-ring (bicyclic) bond motifs is 1. The fraction of sp³-hybridized carbons (Fsp3) is 0.176. The van der Waals surface area contributed by atoms with Crippen molar-refractivity contribution in [1.29, 1.82) is 0 Å². The third-order valence-corrected chi connectivity index (χ3v) is 6.50. The molecule has 4 rings (SSSR count). The molecule has 0 fully saturated rings. The third kappa shape index (κ3) is 3.07. The van der Waals surface area contributed by atoms with E-state index in [0.717, 1.165) is 36.6 Å². The number of rotatable bonds is 4. The molecule has 0 radical (unpaired) electrons. The molecule has 2 aromatic carbocycles. The van der Waals surface area contributed by atoms with Crippen molar-refractivity contribution in [2.45, 2.75) is 24.3 Å². The summed E-state index contributed by atoms with van der Waals surface area (Å²) in [6.07, 6.45) is 1.99. The lowest BCUT2D eigenvalue weighted by atomic mass is 10.2. The molecule has 0 atom stereocenters. The minimum absolute atomic E-state index is 0.198. The van der Waals surface area contributed by atoms with E-state index in [1.807, 2.05) is 12.1 Å². The molecule has 0 unspecified atom stereocenters. The Morgan fingerprint density at radius 3 is 2.76 bits per heavy atom. The summed E-state index contributed by atoms with van der Waals surface area (Å²) in [6.45, 7) is 0.893. The van der Waals surface area contributed by atoms with Gasteiger partial charge < -0.3 is 4.57 Å². The van der Waals surface area contributed by atoms with Crippen molar-refractivity contribution in [3.63, 3.8) is 0 Å². The number of benzene rings is 2. The Morgan fingerprint density at radius 2 is 1.92 bits per heavy atom. The zero-order chi connectivity index (χ0) is 17.4. The van der Waals surface area contributed by atoms with E-state index in [1.54, 1.807) is 36.4 Å². The highest BCUT2D eigenvalue weighted by Crippen LogP contribution is 2.28. The van der Waals surface area contributed by atoms with Gasteiger partial charge in [-0.25, -0.2) is 8.42 Å². The molecule has 1 aromatic heterocycles. The highest BCUT2D eigenvalue weighted by molar-refractivity contribution is 9.10. The van der Waals surface area contributed by atoms with E-state index >= 15 is 0 Å². The smallest absolute Gasteiger partial charge is 0.263 e. The van der Waals surface area contributed by atoms with Crippen molar-refractivity contribution >= 4 is 31.6 Å². The monoisotopic (exact) mass is 418 g/mol. The molecule has 1 aliphatic rings. The Bertz CT molecular complexity index is 1050. The van der Waals surface area contributed by atoms with Crippen molar-refractivity contribution in [2.24, 2.45) is 0 Å². The first-order valence-electron chi connectivity index (χ1n) is 7.84. The summed E-state index contributed by atoms with van der Waals surface area (Å²) in [7, 11) is -3.68. The van der Waals surface area contributed by atoms with E-state index in [2.05, 4.69) is 35.4 Å². The molecule has 128 valence electrons. The summed E-state index contributed by atoms with van der Waals surface area (Å²) >= 11 is 3.28. The van der Waals surface area contributed by atoms with Gasteiger partial charge in [0.15, 0.2) is 5.82 Å². The number of aromatic nitrogens is 3. The van der Waals surface area contributed by atoms with Crippen LogP contribution < -0.4 is 4.72 Å². The topological polar surface area (TPSA) is 76.9 Å². The summed E-state index contributed by atoms with van der Waals surface area (Å²) in [4.78, 5) is 0.198. The number of nitrogens with one attached hydrogen (secondary N) is 1. The molecule has 0 spiro atoms. The molecule has 0 aliphatic carbocycles. The fourth-order valence-electron chi connectivity index (χ4n) is 2.96. The maximum atomic E-state index is 12.6. The summed E-state index contributed by atoms with van der Waals surface area (Å²) in [5.74, 6) is 1.75. The molecule has 2 heterocycles. The predicted molar refractivity (Wildman–Crippen MR) is 98.7 cm³/mol. The molecular weight excluding hydrogens is 404 g/mol. The van der Waals surface area contributed by atoms with Gasteiger partial charge in [-0.15, -0.1) is 10.2 Å². The van der Waals surface area contributed by atoms with Crippen LogP contribution >= 0.6 is 15.9 Å². The fourth-order valence-corrected chi connectivity index (χ4v) is 5.01. The van der Waals surface area contributed by atoms with Gasteiger partial charge in [0.2, 0.25) is 0 Å². The van der Waals surface area contributed by atoms with Gasteiger partial charge in [-0.2, -0.15) is 0 Å². The van der Waals surface area contributed by atoms with Crippen LogP contribution in [0.25, 0.3) is 11.4 Å². The standard InChI is InChI=1S/C17H15BrN4O2S/c18-14-7-1-2-8-15(14)25(23,24)21-13-6-3-5-12(11-13)17-20-19-16-9-4-10-22(16)17/h1-3,5-8,11,21H,4,9-10H2. The first kappa shape index (κ1) is 16.3. The second-order valence-electron chi connectivity index (χ2n) is 5.81. The van der Waals surface area contributed by atoms with Gasteiger partial charge in [0.25, 0.3) is 10.0 Å². The molecule has 0 saturated heterocycles. The SMILES string of the molecule is O=S(=O)(Nc1cccc(-c2nnc3n2CCC3)c1)c1ccccc1Br. The Kier molecular flexibility index (Phi) is 4.09. The van der Waals surface area contributed by atoms with Gasteiger partial charge in [0, 0.05) is 28.7 Å². The Morgan fingerprint density at radius 1 is 1.08 bits per heavy atom. The maximum Gasteiger partial charge on any atom is 0.263 e. The largest absolute Gasteiger partial charge is 0.311 e. The summed E-state index contributed by atoms with van der Waals surface area (Å²) in [5.41, 5.74) is 1.33. The van der Waals surface area contributed by atoms with Crippen LogP contribution in [-0.4, -0.2) is 23.2 Å². The van der Waals surface area contributed by atoms with E-state index in [0.29, 0.717) is 10.2 Å². The van der Waals surface area contributed by atoms with E-state index in [9.17, 15) is 8.42 Å². The number of sulfonamides is 1. The molecule has 0 saturated carbocycles. The number of halogens is 1. The van der Waals surface area contributed by atoms with Crippen molar-refractivity contribution in [3.8, 4) is 11.4 Å². The predicted octanol–water partition coefficient (Wildman–Crippen LogP) is 3.45. The highest BCUT2D eigenvalue weighted by Gasteiger charge is 2.20. The second-order valence-corrected chi connectivity index (χ2v) is 8.32. The zero-order valence-corrected chi connectivity index (χ0v) is 15.6. The average Bonchev–Trinajstić information content (AvgIpc) is 3.18. The van der Waals surface area contributed by atoms with Crippen molar-refractivity contribution < 1.29 is 8.42 Å². The van der Waals surface area contributed by atoms with Gasteiger partial charge >= 0.3 is 0 Å². The average molecular weight is 419 g/mol. The highest BCUT2D eigenvalue weighted by atomic mass is 79.9. The minimum atomic E-state index is -3.68. The molecule has 0 amide bonds. The van der Waals surface area contributed by atoms with Crippen LogP contribution in [0.4, 0.5) is 5.69 Å². The van der Waals surface area contributed by atoms with Gasteiger partial charge in [-0.1, -0.05) is 24.3 Å². The first-order chi connectivity index (χ1) is 12.0. The lowest BCUT2D eigenvalue weighted by Crippen LogP contribution is -2.13. The molecule has 1 aliphatic heterocycles. The van der Waals surface area contributed by atoms with Crippen LogP contribution in [0.15, 0.2) is 57.9 Å². The van der Waals surface area contributed by atoms with E-state index < -0.39 is 10.0 Å². The molecule has 25 heavy (non-hydrogen) atoms. The quantitative estimate of drug-likeness (QED) is 0.703. The van der Waals surface area contributed by atoms with Gasteiger partial charge in [-0.05, 0) is 46.6 Å². The first-order valence-corrected chi connectivity index (χ1v) is 10.1. The summed E-state index contributed by atoms with van der Waals surface area (Å²) < 4.78 is 30.5. The van der Waals surface area contributed by atoms with E-state index in [1.165, 1.54) is 0 Å². The van der Waals surface area contributed by atoms with Crippen molar-refractivity contribution in [2.75, 3.05) is 4.72 Å². The van der Waals surface area contributed by atoms with Crippen LogP contribution in [0.5, 0.6) is 0 Å². The molecule has 3 aromatic rings. The van der Waals surface area contributed by atoms with E-state index in [-0.39, 0.29) is 4.90 Å². The minimum Gasteiger partial charge on any atom is -0.311 e. The zero-order valence-electron chi connectivity index (χ0n) is 13.2. The Hall–Kier alpha value is -2.19. The van der Waals surface area contributed by atoms with Crippen LogP contribution in [0.1, 0.15) is 12.2 Å². The molecule has 1 N–H and O–H groups in total. The van der Waals surface area contributed by atoms with Crippen molar-refractivity contribution in [1.82, 2.24) is 14.8 Å². The van der Waals surface area contributed by atoms with Crippen LogP contribution in [-0.2, 0) is 23.0 Å². The molecular formula is C17H15BrN4O2S. The lowest BCUT2D eigenvalue weighted by Gasteiger charge is -2.11. The maximum absolute atomic E-state index is 12.6. The van der Waals surface area contributed by atoms with Crippen molar-refractivity contribution in [3.05, 3.63) is 58.8 Å². The van der Waals surface area contributed by atoms with Crippen LogP contribution in [0.2, 0.25) is 0 Å². The second kappa shape index (κ2) is 6.27. The third-order valence-electron chi connectivity index (χ3n) is 4.11. The van der Waals surface area contributed by atoms with Gasteiger partial charge in [0.1, 0.15) is 10.7 Å². The molecule has 0 bridgehead atoms. The number of aryl methyl sites for hydroxylation is 1. The Balaban J connectivity index is 1.67. The van der Waals surface area contributed by atoms with Gasteiger partial charge in [0.05, 0.1) is 0 Å². The number of anilines is 1.